The zero-order valence-corrected chi connectivity index (χ0v) is 22.2. The van der Waals surface area contributed by atoms with Crippen molar-refractivity contribution in [1.82, 2.24) is 4.90 Å². The van der Waals surface area contributed by atoms with Crippen molar-refractivity contribution < 1.29 is 27.1 Å². The van der Waals surface area contributed by atoms with Crippen molar-refractivity contribution in [3.05, 3.63) is 67.0 Å². The highest BCUT2D eigenvalue weighted by Crippen LogP contribution is 2.31. The van der Waals surface area contributed by atoms with Crippen LogP contribution in [0.5, 0.6) is 5.75 Å². The van der Waals surface area contributed by atoms with Crippen molar-refractivity contribution in [3.8, 4) is 5.75 Å². The van der Waals surface area contributed by atoms with Gasteiger partial charge in [-0.15, -0.1) is 11.0 Å². The number of carbonyl (C=O) groups excluding carboxylic acids is 2. The van der Waals surface area contributed by atoms with E-state index in [0.717, 1.165) is 55.3 Å². The number of carbonyl (C=O) groups is 2. The van der Waals surface area contributed by atoms with Crippen molar-refractivity contribution in [2.45, 2.75) is 49.2 Å². The van der Waals surface area contributed by atoms with E-state index in [4.69, 9.17) is 4.74 Å². The molecule has 0 aliphatic carbocycles. The number of nitrogens with one attached hydrogen (secondary N) is 1. The molecule has 2 aromatic carbocycles. The summed E-state index contributed by atoms with van der Waals surface area (Å²) in [6.45, 7) is 6.41. The molecule has 0 bridgehead atoms. The molecule has 1 N–H and O–H groups in total. The van der Waals surface area contributed by atoms with Gasteiger partial charge < -0.3 is 10.1 Å². The fourth-order valence-electron chi connectivity index (χ4n) is 3.50. The normalized spacial score (nSPS) is 16.7. The van der Waals surface area contributed by atoms with Gasteiger partial charge in [0.2, 0.25) is 11.8 Å². The molecule has 2 amide bonds. The van der Waals surface area contributed by atoms with Gasteiger partial charge in [-0.2, -0.15) is 8.42 Å². The van der Waals surface area contributed by atoms with Gasteiger partial charge in [-0.05, 0) is 55.0 Å². The predicted octanol–water partition coefficient (Wildman–Crippen LogP) is 4.99. The minimum absolute atomic E-state index is 0.0294. The van der Waals surface area contributed by atoms with Gasteiger partial charge in [-0.1, -0.05) is 44.0 Å². The first-order valence-electron chi connectivity index (χ1n) is 12.0. The summed E-state index contributed by atoms with van der Waals surface area (Å²) in [5, 5.41) is 1.83. The summed E-state index contributed by atoms with van der Waals surface area (Å²) in [6, 6.07) is 11.2. The summed E-state index contributed by atoms with van der Waals surface area (Å²) < 4.78 is 48.1. The van der Waals surface area contributed by atoms with Crippen LogP contribution in [0.15, 0.2) is 70.5 Å². The lowest BCUT2D eigenvalue weighted by molar-refractivity contribution is -0.127. The second-order valence-electron chi connectivity index (χ2n) is 8.33. The second kappa shape index (κ2) is 13.4. The van der Waals surface area contributed by atoms with Gasteiger partial charge >= 0.3 is 0 Å². The van der Waals surface area contributed by atoms with Gasteiger partial charge in [-0.25, -0.2) is 4.39 Å². The van der Waals surface area contributed by atoms with Crippen molar-refractivity contribution in [2.75, 3.05) is 18.5 Å². The number of unbranched alkanes of at least 4 members (excludes halogenated alkanes) is 3. The number of anilines is 1. The van der Waals surface area contributed by atoms with Crippen LogP contribution in [0.3, 0.4) is 0 Å². The molecule has 0 saturated carbocycles. The number of nitrogens with zero attached hydrogens (tertiary/aromatic N) is 2. The molecule has 2 aromatic rings. The summed E-state index contributed by atoms with van der Waals surface area (Å²) in [6.07, 6.45) is 5.71. The van der Waals surface area contributed by atoms with Crippen LogP contribution >= 0.6 is 11.8 Å². The van der Waals surface area contributed by atoms with E-state index < -0.39 is 32.9 Å². The molecule has 1 saturated heterocycles. The molecule has 1 atom stereocenters. The van der Waals surface area contributed by atoms with Crippen molar-refractivity contribution >= 4 is 44.5 Å². The average molecular weight is 548 g/mol. The van der Waals surface area contributed by atoms with Crippen LogP contribution in [0.2, 0.25) is 0 Å². The van der Waals surface area contributed by atoms with Crippen LogP contribution in [0.4, 0.5) is 10.1 Å². The average Bonchev–Trinajstić information content (AvgIpc) is 3.13. The maximum atomic E-state index is 13.2. The van der Waals surface area contributed by atoms with Gasteiger partial charge in [0.25, 0.3) is 10.0 Å². The summed E-state index contributed by atoms with van der Waals surface area (Å²) in [4.78, 5) is 26.5. The van der Waals surface area contributed by atoms with Crippen LogP contribution in [-0.4, -0.2) is 48.7 Å². The zero-order valence-electron chi connectivity index (χ0n) is 20.6. The molecule has 3 rings (SSSR count). The number of thioether (sulfide) groups is 1. The SMILES string of the molecule is C=CCN1C(=O)C(CC(=O)Nc2ccc(OCCCCCC)cc2)SC1=NS(=O)(=O)c1ccc(F)cc1. The fourth-order valence-corrected chi connectivity index (χ4v) is 5.87. The lowest BCUT2D eigenvalue weighted by Gasteiger charge is -2.13. The number of amidine groups is 1. The number of sulfonamides is 1. The molecule has 11 heteroatoms. The lowest BCUT2D eigenvalue weighted by Crippen LogP contribution is -2.33. The largest absolute Gasteiger partial charge is 0.494 e. The van der Waals surface area contributed by atoms with E-state index in [1.165, 1.54) is 17.4 Å². The third-order valence-electron chi connectivity index (χ3n) is 5.42. The third kappa shape index (κ3) is 8.16. The maximum Gasteiger partial charge on any atom is 0.284 e. The van der Waals surface area contributed by atoms with Crippen LogP contribution < -0.4 is 10.1 Å². The Hall–Kier alpha value is -3.18. The molecule has 1 aliphatic rings. The first kappa shape index (κ1) is 28.4. The Morgan fingerprint density at radius 2 is 1.86 bits per heavy atom. The number of hydrogen-bond acceptors (Lipinski definition) is 6. The van der Waals surface area contributed by atoms with E-state index in [9.17, 15) is 22.4 Å². The van der Waals surface area contributed by atoms with Crippen LogP contribution in [-0.2, 0) is 19.6 Å². The fraction of sp³-hybridized carbons (Fsp3) is 0.346. The molecule has 0 aromatic heterocycles. The third-order valence-corrected chi connectivity index (χ3v) is 7.99. The molecule has 0 spiro atoms. The molecule has 1 aliphatic heterocycles. The van der Waals surface area contributed by atoms with E-state index in [1.807, 2.05) is 0 Å². The van der Waals surface area contributed by atoms with Gasteiger partial charge in [0, 0.05) is 18.7 Å². The molecule has 1 fully saturated rings. The Bertz CT molecular complexity index is 1230. The number of benzene rings is 2. The van der Waals surface area contributed by atoms with E-state index in [2.05, 4.69) is 23.2 Å². The molecule has 198 valence electrons. The Morgan fingerprint density at radius 3 is 2.51 bits per heavy atom. The Morgan fingerprint density at radius 1 is 1.16 bits per heavy atom. The standard InChI is InChI=1S/C26H30FN3O5S2/c1-3-5-6-7-17-35-21-12-10-20(11-13-21)28-24(31)18-23-25(32)30(16-4-2)26(36-23)29-37(33,34)22-14-8-19(27)9-15-22/h4,8-15,23H,2-3,5-7,16-18H2,1H3,(H,28,31). The number of ether oxygens (including phenoxy) is 1. The first-order valence-corrected chi connectivity index (χ1v) is 14.3. The van der Waals surface area contributed by atoms with Gasteiger partial charge in [0.05, 0.1) is 11.5 Å². The van der Waals surface area contributed by atoms with Crippen molar-refractivity contribution in [2.24, 2.45) is 4.40 Å². The summed E-state index contributed by atoms with van der Waals surface area (Å²) in [7, 11) is -4.19. The molecular weight excluding hydrogens is 517 g/mol. The van der Waals surface area contributed by atoms with Crippen LogP contribution in [0.25, 0.3) is 0 Å². The van der Waals surface area contributed by atoms with Crippen LogP contribution in [0.1, 0.15) is 39.0 Å². The van der Waals surface area contributed by atoms with Crippen LogP contribution in [0, 0.1) is 5.82 Å². The van der Waals surface area contributed by atoms with Gasteiger partial charge in [0.1, 0.15) is 16.8 Å². The van der Waals surface area contributed by atoms with Crippen molar-refractivity contribution in [3.63, 3.8) is 0 Å². The maximum absolute atomic E-state index is 13.2. The number of halogens is 1. The second-order valence-corrected chi connectivity index (χ2v) is 11.1. The lowest BCUT2D eigenvalue weighted by atomic mass is 10.2. The molecule has 1 unspecified atom stereocenters. The molecular formula is C26H30FN3O5S2. The summed E-state index contributed by atoms with van der Waals surface area (Å²) in [5.74, 6) is -0.722. The minimum Gasteiger partial charge on any atom is -0.494 e. The van der Waals surface area contributed by atoms with Gasteiger partial charge in [-0.3, -0.25) is 14.5 Å². The topological polar surface area (TPSA) is 105 Å². The molecule has 1 heterocycles. The number of hydrogen-bond donors (Lipinski definition) is 1. The Balaban J connectivity index is 1.62. The highest BCUT2D eigenvalue weighted by molar-refractivity contribution is 8.16. The predicted molar refractivity (Wildman–Crippen MR) is 144 cm³/mol. The smallest absolute Gasteiger partial charge is 0.284 e. The molecule has 8 nitrogen and oxygen atoms in total. The summed E-state index contributed by atoms with van der Waals surface area (Å²) >= 11 is 0.892. The van der Waals surface area contributed by atoms with E-state index in [1.54, 1.807) is 24.3 Å². The summed E-state index contributed by atoms with van der Waals surface area (Å²) in [5.41, 5.74) is 0.550. The van der Waals surface area contributed by atoms with Crippen molar-refractivity contribution in [1.29, 1.82) is 0 Å². The minimum atomic E-state index is -4.19. The monoisotopic (exact) mass is 547 g/mol. The van der Waals surface area contributed by atoms with E-state index >= 15 is 0 Å². The first-order chi connectivity index (χ1) is 17.7. The number of rotatable bonds is 13. The van der Waals surface area contributed by atoms with E-state index in [-0.39, 0.29) is 23.0 Å². The number of amides is 2. The quantitative estimate of drug-likeness (QED) is 0.280. The highest BCUT2D eigenvalue weighted by atomic mass is 32.2. The molecule has 37 heavy (non-hydrogen) atoms. The Labute approximate surface area is 221 Å². The zero-order chi connectivity index (χ0) is 26.8. The van der Waals surface area contributed by atoms with Gasteiger partial charge in [0.15, 0.2) is 5.17 Å². The molecule has 0 radical (unpaired) electrons. The van der Waals surface area contributed by atoms with E-state index in [0.29, 0.717) is 18.0 Å². The highest BCUT2D eigenvalue weighted by Gasteiger charge is 2.39. The Kier molecular flexibility index (Phi) is 10.3.